The van der Waals surface area contributed by atoms with Gasteiger partial charge in [-0.3, -0.25) is 9.59 Å². The van der Waals surface area contributed by atoms with Gasteiger partial charge in [-0.1, -0.05) is 32.0 Å². The number of benzene rings is 2. The zero-order chi connectivity index (χ0) is 20.1. The van der Waals surface area contributed by atoms with E-state index in [0.717, 1.165) is 6.42 Å². The first-order valence-electron chi connectivity index (χ1n) is 9.29. The summed E-state index contributed by atoms with van der Waals surface area (Å²) in [5, 5.41) is 15.7. The molecule has 146 valence electrons. The van der Waals surface area contributed by atoms with Gasteiger partial charge in [-0.15, -0.1) is 0 Å². The Kier molecular flexibility index (Phi) is 5.99. The molecule has 2 aromatic carbocycles. The molecule has 0 saturated heterocycles. The van der Waals surface area contributed by atoms with E-state index >= 15 is 0 Å². The first kappa shape index (κ1) is 19.5. The molecule has 28 heavy (non-hydrogen) atoms. The summed E-state index contributed by atoms with van der Waals surface area (Å²) in [5.41, 5.74) is 0.271. The van der Waals surface area contributed by atoms with Gasteiger partial charge in [0, 0.05) is 18.2 Å². The summed E-state index contributed by atoms with van der Waals surface area (Å²) in [4.78, 5) is 24.7. The van der Waals surface area contributed by atoms with Crippen molar-refractivity contribution in [3.8, 4) is 11.5 Å². The Balaban J connectivity index is 1.65. The molecular formula is C22H24N2O4. The molecule has 6 nitrogen and oxygen atoms in total. The molecule has 1 aliphatic heterocycles. The number of carbonyl (C=O) groups is 2. The average molecular weight is 380 g/mol. The second-order valence-electron chi connectivity index (χ2n) is 7.22. The maximum Gasteiger partial charge on any atom is 0.264 e. The predicted molar refractivity (Wildman–Crippen MR) is 107 cm³/mol. The molecule has 0 saturated carbocycles. The number of ether oxygens (including phenoxy) is 1. The molecule has 1 heterocycles. The maximum atomic E-state index is 12.5. The number of hydrogen-bond donors (Lipinski definition) is 3. The van der Waals surface area contributed by atoms with Gasteiger partial charge in [0.2, 0.25) is 0 Å². The lowest BCUT2D eigenvalue weighted by atomic mass is 9.95. The fourth-order valence-electron chi connectivity index (χ4n) is 3.15. The molecule has 0 aliphatic carbocycles. The molecule has 1 unspecified atom stereocenters. The van der Waals surface area contributed by atoms with Crippen LogP contribution in [0.3, 0.4) is 0 Å². The second kappa shape index (κ2) is 8.61. The van der Waals surface area contributed by atoms with Crippen LogP contribution in [-0.4, -0.2) is 23.0 Å². The predicted octanol–water partition coefficient (Wildman–Crippen LogP) is 4.16. The second-order valence-corrected chi connectivity index (χ2v) is 7.22. The van der Waals surface area contributed by atoms with Gasteiger partial charge >= 0.3 is 0 Å². The van der Waals surface area contributed by atoms with E-state index in [1.165, 1.54) is 0 Å². The van der Waals surface area contributed by atoms with E-state index in [9.17, 15) is 14.7 Å². The van der Waals surface area contributed by atoms with Crippen LogP contribution in [0.4, 0.5) is 5.69 Å². The van der Waals surface area contributed by atoms with Crippen molar-refractivity contribution < 1.29 is 19.4 Å². The quantitative estimate of drug-likeness (QED) is 0.657. The number of aliphatic hydroxyl groups excluding tert-OH is 1. The molecule has 6 heteroatoms. The average Bonchev–Trinajstić information content (AvgIpc) is 2.63. The van der Waals surface area contributed by atoms with Crippen molar-refractivity contribution in [2.75, 3.05) is 5.32 Å². The highest BCUT2D eigenvalue weighted by Crippen LogP contribution is 2.24. The summed E-state index contributed by atoms with van der Waals surface area (Å²) in [6, 6.07) is 16.0. The number of carbonyl (C=O) groups excluding carboxylic acids is 2. The van der Waals surface area contributed by atoms with Gasteiger partial charge in [-0.2, -0.15) is 0 Å². The van der Waals surface area contributed by atoms with Crippen LogP contribution in [0.2, 0.25) is 0 Å². The molecule has 1 aliphatic rings. The van der Waals surface area contributed by atoms with Crippen LogP contribution in [-0.2, 0) is 9.59 Å². The zero-order valence-corrected chi connectivity index (χ0v) is 15.9. The van der Waals surface area contributed by atoms with Crippen molar-refractivity contribution in [1.82, 2.24) is 5.32 Å². The summed E-state index contributed by atoms with van der Waals surface area (Å²) < 4.78 is 5.71. The first-order chi connectivity index (χ1) is 13.4. The number of hydrogen-bond acceptors (Lipinski definition) is 4. The Labute approximate surface area is 164 Å². The van der Waals surface area contributed by atoms with E-state index in [4.69, 9.17) is 4.74 Å². The number of anilines is 1. The summed E-state index contributed by atoms with van der Waals surface area (Å²) in [6.45, 7) is 4.08. The van der Waals surface area contributed by atoms with Crippen LogP contribution < -0.4 is 15.4 Å². The monoisotopic (exact) mass is 380 g/mol. The van der Waals surface area contributed by atoms with Crippen molar-refractivity contribution in [3.05, 3.63) is 65.9 Å². The molecule has 1 atom stereocenters. The highest BCUT2D eigenvalue weighted by atomic mass is 16.5. The number of rotatable bonds is 6. The van der Waals surface area contributed by atoms with Crippen molar-refractivity contribution >= 4 is 17.5 Å². The molecule has 0 radical (unpaired) electrons. The Bertz CT molecular complexity index is 873. The largest absolute Gasteiger partial charge is 0.511 e. The number of amides is 2. The number of nitrogens with one attached hydrogen (secondary N) is 2. The van der Waals surface area contributed by atoms with Gasteiger partial charge in [-0.25, -0.2) is 0 Å². The Morgan fingerprint density at radius 1 is 1.14 bits per heavy atom. The van der Waals surface area contributed by atoms with Gasteiger partial charge in [0.05, 0.1) is 0 Å². The normalized spacial score (nSPS) is 16.7. The molecule has 0 fully saturated rings. The van der Waals surface area contributed by atoms with Crippen LogP contribution in [0.25, 0.3) is 0 Å². The van der Waals surface area contributed by atoms with Crippen molar-refractivity contribution in [1.29, 1.82) is 0 Å². The van der Waals surface area contributed by atoms with Crippen molar-refractivity contribution in [2.45, 2.75) is 32.7 Å². The van der Waals surface area contributed by atoms with Crippen LogP contribution in [0.1, 0.15) is 26.7 Å². The lowest BCUT2D eigenvalue weighted by Crippen LogP contribution is -2.44. The van der Waals surface area contributed by atoms with Crippen LogP contribution >= 0.6 is 0 Å². The van der Waals surface area contributed by atoms with E-state index in [0.29, 0.717) is 23.1 Å². The van der Waals surface area contributed by atoms with Crippen LogP contribution in [0, 0.1) is 5.92 Å². The van der Waals surface area contributed by atoms with Crippen molar-refractivity contribution in [2.24, 2.45) is 5.92 Å². The highest BCUT2D eigenvalue weighted by molar-refractivity contribution is 6.23. The minimum absolute atomic E-state index is 0.154. The Morgan fingerprint density at radius 3 is 2.39 bits per heavy atom. The first-order valence-corrected chi connectivity index (χ1v) is 9.29. The molecule has 0 bridgehead atoms. The fraction of sp³-hybridized carbons (Fsp3) is 0.273. The standard InChI is InChI=1S/C22H24N2O4/c1-14(2)12-16-13-19(25)20(22(27)24-16)21(26)23-15-8-10-18(11-9-15)28-17-6-4-3-5-7-17/h3-11,14,16,25H,12-13H2,1-2H3,(H,23,26)(H,24,27). The van der Waals surface area contributed by atoms with Gasteiger partial charge in [0.25, 0.3) is 11.8 Å². The molecule has 3 rings (SSSR count). The summed E-state index contributed by atoms with van der Waals surface area (Å²) in [6.07, 6.45) is 1.00. The topological polar surface area (TPSA) is 87.7 Å². The lowest BCUT2D eigenvalue weighted by molar-refractivity contribution is -0.123. The third-order valence-corrected chi connectivity index (χ3v) is 4.36. The van der Waals surface area contributed by atoms with Gasteiger partial charge in [0.1, 0.15) is 22.8 Å². The van der Waals surface area contributed by atoms with Crippen LogP contribution in [0.15, 0.2) is 65.9 Å². The summed E-state index contributed by atoms with van der Waals surface area (Å²) in [5.74, 6) is 0.370. The van der Waals surface area contributed by atoms with E-state index in [1.54, 1.807) is 24.3 Å². The Morgan fingerprint density at radius 2 is 1.79 bits per heavy atom. The lowest BCUT2D eigenvalue weighted by Gasteiger charge is -2.26. The smallest absolute Gasteiger partial charge is 0.264 e. The molecule has 3 N–H and O–H groups in total. The molecule has 2 aromatic rings. The number of para-hydroxylation sites is 1. The SMILES string of the molecule is CC(C)CC1CC(O)=C(C(=O)Nc2ccc(Oc3ccccc3)cc2)C(=O)N1. The number of aliphatic hydroxyl groups is 1. The molecule has 0 spiro atoms. The zero-order valence-electron chi connectivity index (χ0n) is 15.9. The van der Waals surface area contributed by atoms with Crippen molar-refractivity contribution in [3.63, 3.8) is 0 Å². The minimum Gasteiger partial charge on any atom is -0.511 e. The van der Waals surface area contributed by atoms with E-state index < -0.39 is 11.8 Å². The molecule has 0 aromatic heterocycles. The third kappa shape index (κ3) is 4.91. The van der Waals surface area contributed by atoms with Gasteiger partial charge < -0.3 is 20.5 Å². The summed E-state index contributed by atoms with van der Waals surface area (Å²) >= 11 is 0. The van der Waals surface area contributed by atoms with E-state index in [1.807, 2.05) is 44.2 Å². The molecule has 2 amide bonds. The molecular weight excluding hydrogens is 356 g/mol. The Hall–Kier alpha value is -3.28. The van der Waals surface area contributed by atoms with Crippen LogP contribution in [0.5, 0.6) is 11.5 Å². The maximum absolute atomic E-state index is 12.5. The van der Waals surface area contributed by atoms with Gasteiger partial charge in [-0.05, 0) is 48.7 Å². The summed E-state index contributed by atoms with van der Waals surface area (Å²) in [7, 11) is 0. The minimum atomic E-state index is -0.630. The van der Waals surface area contributed by atoms with E-state index in [-0.39, 0.29) is 23.8 Å². The fourth-order valence-corrected chi connectivity index (χ4v) is 3.15. The highest BCUT2D eigenvalue weighted by Gasteiger charge is 2.31. The van der Waals surface area contributed by atoms with Gasteiger partial charge in [0.15, 0.2) is 0 Å². The third-order valence-electron chi connectivity index (χ3n) is 4.36. The van der Waals surface area contributed by atoms with E-state index in [2.05, 4.69) is 10.6 Å².